The number of nitrogens with two attached hydrogens (primary N) is 1. The van der Waals surface area contributed by atoms with Gasteiger partial charge < -0.3 is 26.6 Å². The number of nitrogens with one attached hydrogen (secondary N) is 3. The molecule has 0 bridgehead atoms. The highest BCUT2D eigenvalue weighted by molar-refractivity contribution is 7.85. The van der Waals surface area contributed by atoms with Gasteiger partial charge in [-0.3, -0.25) is 23.4 Å². The van der Waals surface area contributed by atoms with Crippen LogP contribution in [0.15, 0.2) is 0 Å². The van der Waals surface area contributed by atoms with Crippen LogP contribution < -0.4 is 21.7 Å². The van der Waals surface area contributed by atoms with Crippen LogP contribution in [0.1, 0.15) is 118 Å². The number of alkyl halides is 3. The number of rotatable bonds is 10. The number of carbonyl (C=O) groups is 5. The van der Waals surface area contributed by atoms with E-state index >= 15 is 0 Å². The molecule has 0 radical (unpaired) electrons. The van der Waals surface area contributed by atoms with Gasteiger partial charge >= 0.3 is 12.2 Å². The minimum Gasteiger partial charge on any atom is -0.363 e. The first-order chi connectivity index (χ1) is 21.9. The molecule has 2 aliphatic heterocycles. The zero-order chi connectivity index (χ0) is 35.6. The lowest BCUT2D eigenvalue weighted by Crippen LogP contribution is -2.65. The summed E-state index contributed by atoms with van der Waals surface area (Å²) in [6.45, 7) is 9.67. The number of ketones is 1. The normalized spacial score (nSPS) is 24.2. The molecule has 5 unspecified atom stereocenters. The van der Waals surface area contributed by atoms with E-state index in [9.17, 15) is 41.4 Å². The molecule has 5 N–H and O–H groups in total. The van der Waals surface area contributed by atoms with Crippen molar-refractivity contribution < 1.29 is 41.4 Å². The Bertz CT molecular complexity index is 1140. The third-order valence-corrected chi connectivity index (χ3v) is 10.9. The predicted octanol–water partition coefficient (Wildman–Crippen LogP) is 3.99. The van der Waals surface area contributed by atoms with Crippen molar-refractivity contribution in [3.05, 3.63) is 0 Å². The molecular weight excluding hydrogens is 639 g/mol. The molecule has 15 heteroatoms. The lowest BCUT2D eigenvalue weighted by atomic mass is 9.77. The van der Waals surface area contributed by atoms with E-state index < -0.39 is 88.4 Å². The summed E-state index contributed by atoms with van der Waals surface area (Å²) in [4.78, 5) is 65.6. The molecule has 5 atom stereocenters. The van der Waals surface area contributed by atoms with E-state index in [-0.39, 0.29) is 18.2 Å². The highest BCUT2D eigenvalue weighted by Crippen LogP contribution is 2.38. The molecule has 3 fully saturated rings. The van der Waals surface area contributed by atoms with Crippen molar-refractivity contribution >= 4 is 40.3 Å². The number of urea groups is 1. The average Bonchev–Trinajstić information content (AvgIpc) is 3.48. The summed E-state index contributed by atoms with van der Waals surface area (Å²) in [5, 5.41) is 7.97. The van der Waals surface area contributed by atoms with Gasteiger partial charge in [-0.15, -0.1) is 0 Å². The molecular formula is C32H54F3N5O6S. The van der Waals surface area contributed by atoms with Gasteiger partial charge in [0, 0.05) is 29.5 Å². The van der Waals surface area contributed by atoms with E-state index in [0.717, 1.165) is 38.5 Å². The van der Waals surface area contributed by atoms with Crippen molar-refractivity contribution in [3.8, 4) is 0 Å². The van der Waals surface area contributed by atoms with Crippen LogP contribution >= 0.6 is 0 Å². The zero-order valence-corrected chi connectivity index (χ0v) is 29.2. The van der Waals surface area contributed by atoms with Gasteiger partial charge in [-0.25, -0.2) is 4.79 Å². The Balaban J connectivity index is 0.00000246. The molecule has 2 saturated heterocycles. The summed E-state index contributed by atoms with van der Waals surface area (Å²) in [5.41, 5.74) is 3.55. The van der Waals surface area contributed by atoms with Gasteiger partial charge in [-0.2, -0.15) is 13.2 Å². The van der Waals surface area contributed by atoms with Crippen molar-refractivity contribution in [2.45, 2.75) is 153 Å². The van der Waals surface area contributed by atoms with E-state index in [1.807, 2.05) is 0 Å². The number of primary amides is 1. The Labute approximate surface area is 278 Å². The summed E-state index contributed by atoms with van der Waals surface area (Å²) in [6, 6.07) is -4.57. The number of likely N-dealkylation sites (tertiary alicyclic amines) is 1. The third kappa shape index (κ3) is 11.7. The molecule has 3 rings (SSSR count). The van der Waals surface area contributed by atoms with E-state index in [4.69, 9.17) is 5.73 Å². The summed E-state index contributed by atoms with van der Waals surface area (Å²) in [7, 11) is -1.08. The smallest absolute Gasteiger partial charge is 0.363 e. The minimum atomic E-state index is -4.63. The Morgan fingerprint density at radius 3 is 2.09 bits per heavy atom. The fourth-order valence-corrected chi connectivity index (χ4v) is 8.61. The van der Waals surface area contributed by atoms with Gasteiger partial charge in [-0.1, -0.05) is 66.7 Å². The van der Waals surface area contributed by atoms with E-state index in [1.54, 1.807) is 20.8 Å². The van der Waals surface area contributed by atoms with Crippen LogP contribution in [0.2, 0.25) is 0 Å². The number of hydrogen-bond acceptors (Lipinski definition) is 6. The van der Waals surface area contributed by atoms with Crippen LogP contribution in [-0.4, -0.2) is 86.0 Å². The molecule has 0 spiro atoms. The summed E-state index contributed by atoms with van der Waals surface area (Å²) >= 11 is 0. The standard InChI is InChI=1S/C29H46F3N5O6S.C3H8/c1-27(2,3)22(35-26(42)36-28(13-6-4-7-14-28)20-11-5-8-17-44(20)43)25(41)37-16-9-10-19(37)24(40)34-18(21(38)23(33)39)12-15-29(30,31)32;1-3-2/h18-20,22H,4-17H2,1-3H3,(H2,33,39)(H,34,40)(H2,35,36,42);3H2,1-2H3. The fourth-order valence-electron chi connectivity index (χ4n) is 6.61. The SMILES string of the molecule is CC(C)(C)C(NC(=O)NC1(C2CCCCS2=O)CCCCC1)C(=O)N1CCCC1C(=O)NC(CCC(F)(F)F)C(=O)C(N)=O.CCC. The van der Waals surface area contributed by atoms with Gasteiger partial charge in [0.2, 0.25) is 17.6 Å². The summed E-state index contributed by atoms with van der Waals surface area (Å²) in [6.07, 6.45) is 1.65. The summed E-state index contributed by atoms with van der Waals surface area (Å²) < 4.78 is 51.5. The topological polar surface area (TPSA) is 168 Å². The minimum absolute atomic E-state index is 0.148. The second-order valence-electron chi connectivity index (χ2n) is 14.0. The number of Topliss-reactive ketones (excluding diaryl/α,β-unsaturated/α-hetero) is 1. The monoisotopic (exact) mass is 693 g/mol. The van der Waals surface area contributed by atoms with Crippen LogP contribution in [0.5, 0.6) is 0 Å². The molecule has 1 saturated carbocycles. The van der Waals surface area contributed by atoms with E-state index in [1.165, 1.54) is 11.3 Å². The molecule has 1 aliphatic carbocycles. The molecule has 11 nitrogen and oxygen atoms in total. The van der Waals surface area contributed by atoms with Crippen molar-refractivity contribution in [1.29, 1.82) is 0 Å². The van der Waals surface area contributed by atoms with Gasteiger partial charge in [0.1, 0.15) is 12.1 Å². The van der Waals surface area contributed by atoms with Crippen LogP contribution in [0.25, 0.3) is 0 Å². The largest absolute Gasteiger partial charge is 0.389 e. The Hall–Kier alpha value is -2.71. The zero-order valence-electron chi connectivity index (χ0n) is 28.4. The Morgan fingerprint density at radius 2 is 1.55 bits per heavy atom. The lowest BCUT2D eigenvalue weighted by Gasteiger charge is -2.45. The number of halogens is 3. The number of carbonyl (C=O) groups excluding carboxylic acids is 5. The molecule has 3 aliphatic rings. The first-order valence-corrected chi connectivity index (χ1v) is 18.2. The van der Waals surface area contributed by atoms with Crippen LogP contribution in [0.4, 0.5) is 18.0 Å². The highest BCUT2D eigenvalue weighted by Gasteiger charge is 2.47. The quantitative estimate of drug-likeness (QED) is 0.253. The first kappa shape index (κ1) is 40.5. The Kier molecular flexibility index (Phi) is 15.2. The third-order valence-electron chi connectivity index (χ3n) is 8.92. The van der Waals surface area contributed by atoms with Crippen LogP contribution in [0.3, 0.4) is 0 Å². The van der Waals surface area contributed by atoms with Crippen LogP contribution in [-0.2, 0) is 30.0 Å². The van der Waals surface area contributed by atoms with Crippen molar-refractivity contribution in [2.24, 2.45) is 11.1 Å². The van der Waals surface area contributed by atoms with Crippen LogP contribution in [0, 0.1) is 5.41 Å². The van der Waals surface area contributed by atoms with Crippen molar-refractivity contribution in [3.63, 3.8) is 0 Å². The van der Waals surface area contributed by atoms with Gasteiger partial charge in [0.15, 0.2) is 0 Å². The molecule has 0 aromatic carbocycles. The molecule has 2 heterocycles. The second-order valence-corrected chi connectivity index (χ2v) is 15.8. The maximum atomic E-state index is 13.9. The molecule has 5 amide bonds. The van der Waals surface area contributed by atoms with Gasteiger partial charge in [0.05, 0.1) is 16.8 Å². The molecule has 0 aromatic heterocycles. The molecule has 47 heavy (non-hydrogen) atoms. The van der Waals surface area contributed by atoms with Gasteiger partial charge in [-0.05, 0) is 50.4 Å². The predicted molar refractivity (Wildman–Crippen MR) is 173 cm³/mol. The first-order valence-electron chi connectivity index (χ1n) is 16.8. The number of amides is 5. The Morgan fingerprint density at radius 1 is 0.936 bits per heavy atom. The van der Waals surface area contributed by atoms with Crippen molar-refractivity contribution in [2.75, 3.05) is 12.3 Å². The number of hydrogen-bond donors (Lipinski definition) is 4. The van der Waals surface area contributed by atoms with Crippen molar-refractivity contribution in [1.82, 2.24) is 20.9 Å². The average molecular weight is 694 g/mol. The fraction of sp³-hybridized carbons (Fsp3) is 0.844. The lowest BCUT2D eigenvalue weighted by molar-refractivity contribution is -0.146. The highest BCUT2D eigenvalue weighted by atomic mass is 32.2. The van der Waals surface area contributed by atoms with E-state index in [2.05, 4.69) is 29.8 Å². The van der Waals surface area contributed by atoms with Gasteiger partial charge in [0.25, 0.3) is 5.91 Å². The molecule has 0 aromatic rings. The molecule has 270 valence electrons. The maximum Gasteiger partial charge on any atom is 0.389 e. The second kappa shape index (κ2) is 17.6. The maximum absolute atomic E-state index is 13.9. The number of nitrogens with zero attached hydrogens (tertiary/aromatic N) is 1. The van der Waals surface area contributed by atoms with E-state index in [0.29, 0.717) is 25.0 Å². The summed E-state index contributed by atoms with van der Waals surface area (Å²) in [5.74, 6) is -3.68.